The van der Waals surface area contributed by atoms with E-state index in [2.05, 4.69) is 4.98 Å². The van der Waals surface area contributed by atoms with Crippen molar-refractivity contribution in [3.63, 3.8) is 0 Å². The molecule has 0 bridgehead atoms. The van der Waals surface area contributed by atoms with E-state index in [0.717, 1.165) is 0 Å². The molecule has 56 heavy (non-hydrogen) atoms. The minimum atomic E-state index is -4.66. The Morgan fingerprint density at radius 3 is 2.32 bits per heavy atom. The van der Waals surface area contributed by atoms with Crippen molar-refractivity contribution in [2.75, 3.05) is 13.2 Å². The Balaban J connectivity index is 1.47. The van der Waals surface area contributed by atoms with E-state index in [0.29, 0.717) is 24.6 Å². The summed E-state index contributed by atoms with van der Waals surface area (Å²) >= 11 is 6.37. The Bertz CT molecular complexity index is 1960. The maximum Gasteiger partial charge on any atom is 0.422 e. The average Bonchev–Trinajstić information content (AvgIpc) is 3.97. The Morgan fingerprint density at radius 2 is 1.75 bits per heavy atom. The van der Waals surface area contributed by atoms with Gasteiger partial charge in [0.1, 0.15) is 17.5 Å². The molecule has 1 aliphatic heterocycles. The second-order valence-electron chi connectivity index (χ2n) is 17.0. The number of nitrogens with one attached hydrogen (secondary N) is 1. The predicted octanol–water partition coefficient (Wildman–Crippen LogP) is 6.49. The number of para-hydroxylation sites is 1. The summed E-state index contributed by atoms with van der Waals surface area (Å²) in [6.07, 6.45) is -5.12. The first kappa shape index (κ1) is 43.4. The quantitative estimate of drug-likeness (QED) is 0.195. The van der Waals surface area contributed by atoms with Crippen LogP contribution in [0.4, 0.5) is 13.2 Å². The van der Waals surface area contributed by atoms with Crippen LogP contribution >= 0.6 is 11.6 Å². The summed E-state index contributed by atoms with van der Waals surface area (Å²) in [5.74, 6) is -4.25. The highest BCUT2D eigenvalue weighted by molar-refractivity contribution is 7.85. The van der Waals surface area contributed by atoms with Crippen LogP contribution in [0, 0.1) is 22.7 Å². The van der Waals surface area contributed by atoms with E-state index in [4.69, 9.17) is 30.0 Å². The second kappa shape index (κ2) is 15.9. The fourth-order valence-corrected chi connectivity index (χ4v) is 8.36. The molecule has 13 nitrogen and oxygen atoms in total. The molecule has 0 radical (unpaired) electrons. The summed E-state index contributed by atoms with van der Waals surface area (Å²) in [5, 5.41) is 0.440. The maximum absolute atomic E-state index is 14.6. The van der Waals surface area contributed by atoms with Gasteiger partial charge in [-0.3, -0.25) is 23.4 Å². The molecule has 2 heterocycles. The number of benzene rings is 1. The first-order valence-corrected chi connectivity index (χ1v) is 20.4. The van der Waals surface area contributed by atoms with Crippen molar-refractivity contribution in [2.45, 2.75) is 123 Å². The number of halogens is 4. The Labute approximate surface area is 329 Å². The molecule has 2 aliphatic carbocycles. The van der Waals surface area contributed by atoms with E-state index >= 15 is 0 Å². The van der Waals surface area contributed by atoms with Crippen LogP contribution in [0.15, 0.2) is 24.3 Å². The lowest BCUT2D eigenvalue weighted by Crippen LogP contribution is -2.48. The van der Waals surface area contributed by atoms with E-state index in [1.807, 2.05) is 11.6 Å². The smallest absolute Gasteiger partial charge is 0.422 e. The lowest BCUT2D eigenvalue weighted by Gasteiger charge is -2.35. The molecule has 18 heteroatoms. The Morgan fingerprint density at radius 1 is 1.07 bits per heavy atom. The fraction of sp³-hybridized carbons (Fsp3) is 0.658. The van der Waals surface area contributed by atoms with E-state index in [1.165, 1.54) is 17.0 Å². The summed E-state index contributed by atoms with van der Waals surface area (Å²) in [7, 11) is -4.43. The number of hydrogen-bond acceptors (Lipinski definition) is 11. The van der Waals surface area contributed by atoms with Crippen LogP contribution in [-0.2, 0) is 38.4 Å². The number of ether oxygens (including phenoxy) is 3. The number of aromatic nitrogens is 1. The number of Topliss-reactive ketones (excluding diaryl/α,β-unsaturated/α-hetero) is 1. The van der Waals surface area contributed by atoms with Gasteiger partial charge in [0.15, 0.2) is 12.4 Å². The van der Waals surface area contributed by atoms with E-state index in [1.54, 1.807) is 53.7 Å². The van der Waals surface area contributed by atoms with Crippen LogP contribution in [0.25, 0.3) is 10.9 Å². The third-order valence-electron chi connectivity index (χ3n) is 10.1. The van der Waals surface area contributed by atoms with Crippen LogP contribution in [0.3, 0.4) is 0 Å². The van der Waals surface area contributed by atoms with Gasteiger partial charge in [-0.15, -0.1) is 0 Å². The Hall–Kier alpha value is -3.70. The third-order valence-corrected chi connectivity index (χ3v) is 11.4. The summed E-state index contributed by atoms with van der Waals surface area (Å²) in [6, 6.07) is 4.67. The lowest BCUT2D eigenvalue weighted by molar-refractivity contribution is -0.161. The van der Waals surface area contributed by atoms with Gasteiger partial charge < -0.3 is 19.1 Å². The number of likely N-dealkylation sites (tertiary alicyclic amines) is 1. The molecule has 310 valence electrons. The fourth-order valence-electron chi connectivity index (χ4n) is 7.11. The molecule has 1 N–H and O–H groups in total. The molecule has 3 fully saturated rings. The zero-order valence-electron chi connectivity index (χ0n) is 32.5. The SMILES string of the molecule is CC[C@@H]1C[C@]1(CC(=O)[C@@H]1C[C@@H](Oc2cc(OCC(F)(F)F)nc3c(Cl)cccc23)CN1C(=O)[C@@H](CC(=O)OC(C)(C)C)C(C)(C)C)C(=O)NS(=O)(=O)OC1CC1. The number of carbonyl (C=O) groups excluding carboxylic acids is 4. The zero-order valence-corrected chi connectivity index (χ0v) is 34.0. The summed E-state index contributed by atoms with van der Waals surface area (Å²) in [5.41, 5.74) is -2.91. The molecule has 0 unspecified atom stereocenters. The zero-order chi connectivity index (χ0) is 41.6. The molecular weight excluding hydrogens is 783 g/mol. The van der Waals surface area contributed by atoms with Gasteiger partial charge in [0.2, 0.25) is 17.7 Å². The molecule has 0 spiro atoms. The number of rotatable bonds is 15. The molecular formula is C38H49ClF3N3O10S. The van der Waals surface area contributed by atoms with Gasteiger partial charge in [0.25, 0.3) is 0 Å². The number of amides is 2. The van der Waals surface area contributed by atoms with Crippen molar-refractivity contribution < 1.29 is 59.2 Å². The number of hydrogen-bond donors (Lipinski definition) is 1. The van der Waals surface area contributed by atoms with Crippen LogP contribution in [0.1, 0.15) is 93.4 Å². The van der Waals surface area contributed by atoms with Gasteiger partial charge in [-0.2, -0.15) is 21.6 Å². The first-order valence-electron chi connectivity index (χ1n) is 18.6. The van der Waals surface area contributed by atoms with Crippen molar-refractivity contribution in [3.05, 3.63) is 29.3 Å². The number of esters is 1. The van der Waals surface area contributed by atoms with Gasteiger partial charge in [-0.05, 0) is 63.5 Å². The predicted molar refractivity (Wildman–Crippen MR) is 198 cm³/mol. The molecule has 1 aromatic carbocycles. The highest BCUT2D eigenvalue weighted by Crippen LogP contribution is 2.58. The van der Waals surface area contributed by atoms with Gasteiger partial charge >= 0.3 is 22.4 Å². The first-order chi connectivity index (χ1) is 25.8. The van der Waals surface area contributed by atoms with Crippen molar-refractivity contribution in [3.8, 4) is 11.6 Å². The van der Waals surface area contributed by atoms with Gasteiger partial charge in [0, 0.05) is 24.3 Å². The van der Waals surface area contributed by atoms with Gasteiger partial charge in [-0.25, -0.2) is 9.71 Å². The highest BCUT2D eigenvalue weighted by Gasteiger charge is 2.61. The molecule has 2 saturated carbocycles. The third kappa shape index (κ3) is 10.8. The van der Waals surface area contributed by atoms with Gasteiger partial charge in [-0.1, -0.05) is 51.8 Å². The molecule has 5 rings (SSSR count). The van der Waals surface area contributed by atoms with Crippen LogP contribution in [0.5, 0.6) is 11.6 Å². The van der Waals surface area contributed by atoms with E-state index in [-0.39, 0.29) is 48.0 Å². The molecule has 5 atom stereocenters. The maximum atomic E-state index is 14.6. The van der Waals surface area contributed by atoms with Crippen molar-refractivity contribution >= 4 is 56.4 Å². The normalized spacial score (nSPS) is 23.4. The molecule has 2 aromatic rings. The number of carbonyl (C=O) groups is 4. The van der Waals surface area contributed by atoms with Crippen LogP contribution in [-0.4, -0.2) is 85.0 Å². The number of fused-ring (bicyclic) bond motifs is 1. The molecule has 1 aromatic heterocycles. The summed E-state index contributed by atoms with van der Waals surface area (Å²) < 4.78 is 88.3. The van der Waals surface area contributed by atoms with Crippen LogP contribution < -0.4 is 14.2 Å². The summed E-state index contributed by atoms with van der Waals surface area (Å²) in [4.78, 5) is 61.2. The standard InChI is InChI=1S/C38H49ClF3N3O10S/c1-8-21-17-37(21,34(49)44-56(50,51)55-22-12-13-22)18-28(46)27-14-23(19-45(27)33(48)25(35(2,3)4)15-31(47)54-36(5,6)7)53-29-16-30(52-20-38(40,41)42)43-32-24(29)10-9-11-26(32)39/h9-11,16,21-23,25,27H,8,12-15,17-20H2,1-7H3,(H,44,49)/t21-,23-,25-,27+,37-/m1/s1. The minimum absolute atomic E-state index is 0.0336. The van der Waals surface area contributed by atoms with E-state index < -0.39 is 99.6 Å². The number of pyridine rings is 1. The highest BCUT2D eigenvalue weighted by atomic mass is 35.5. The second-order valence-corrected chi connectivity index (χ2v) is 18.7. The molecule has 2 amide bonds. The molecule has 3 aliphatic rings. The van der Waals surface area contributed by atoms with Crippen molar-refractivity contribution in [1.82, 2.24) is 14.6 Å². The number of nitrogens with zero attached hydrogens (tertiary/aromatic N) is 2. The van der Waals surface area contributed by atoms with Crippen molar-refractivity contribution in [1.29, 1.82) is 0 Å². The minimum Gasteiger partial charge on any atom is -0.488 e. The van der Waals surface area contributed by atoms with Crippen LogP contribution in [0.2, 0.25) is 5.02 Å². The van der Waals surface area contributed by atoms with Gasteiger partial charge in [0.05, 0.1) is 47.0 Å². The monoisotopic (exact) mass is 831 g/mol. The number of alkyl halides is 3. The largest absolute Gasteiger partial charge is 0.488 e. The lowest BCUT2D eigenvalue weighted by atomic mass is 9.77. The topological polar surface area (TPSA) is 168 Å². The Kier molecular flexibility index (Phi) is 12.3. The average molecular weight is 832 g/mol. The number of ketones is 1. The van der Waals surface area contributed by atoms with E-state index in [9.17, 15) is 40.8 Å². The summed E-state index contributed by atoms with van der Waals surface area (Å²) in [6.45, 7) is 10.4. The van der Waals surface area contributed by atoms with Crippen molar-refractivity contribution in [2.24, 2.45) is 22.7 Å². The molecule has 1 saturated heterocycles.